The zero-order chi connectivity index (χ0) is 15.9. The van der Waals surface area contributed by atoms with Gasteiger partial charge in [0, 0.05) is 13.0 Å². The number of rotatable bonds is 7. The van der Waals surface area contributed by atoms with Crippen LogP contribution in [0.25, 0.3) is 0 Å². The molecule has 0 saturated carbocycles. The highest BCUT2D eigenvalue weighted by Crippen LogP contribution is 2.32. The third-order valence-corrected chi connectivity index (χ3v) is 3.28. The van der Waals surface area contributed by atoms with Gasteiger partial charge in [-0.15, -0.1) is 0 Å². The first-order valence-corrected chi connectivity index (χ1v) is 7.05. The van der Waals surface area contributed by atoms with Gasteiger partial charge in [-0.25, -0.2) is 0 Å². The maximum Gasteiger partial charge on any atom is 0.328 e. The van der Waals surface area contributed by atoms with Crippen LogP contribution in [0.15, 0.2) is 24.3 Å². The Kier molecular flexibility index (Phi) is 6.37. The SMILES string of the molecule is CCOC(=O)C(CCO)(C(=O)OCC)c1ccc(C)cc1. The van der Waals surface area contributed by atoms with Gasteiger partial charge in [-0.3, -0.25) is 9.59 Å². The maximum absolute atomic E-state index is 12.4. The van der Waals surface area contributed by atoms with Crippen LogP contribution >= 0.6 is 0 Å². The van der Waals surface area contributed by atoms with Crippen molar-refractivity contribution in [1.82, 2.24) is 0 Å². The van der Waals surface area contributed by atoms with Crippen LogP contribution in [-0.2, 0) is 24.5 Å². The van der Waals surface area contributed by atoms with E-state index in [0.717, 1.165) is 5.56 Å². The number of aryl methyl sites for hydroxylation is 1. The van der Waals surface area contributed by atoms with Crippen molar-refractivity contribution >= 4 is 11.9 Å². The Hall–Kier alpha value is -1.88. The molecule has 0 bridgehead atoms. The van der Waals surface area contributed by atoms with Crippen LogP contribution in [0.3, 0.4) is 0 Å². The monoisotopic (exact) mass is 294 g/mol. The van der Waals surface area contributed by atoms with Gasteiger partial charge in [0.15, 0.2) is 5.41 Å². The Bertz CT molecular complexity index is 460. The van der Waals surface area contributed by atoms with Crippen molar-refractivity contribution in [2.75, 3.05) is 19.8 Å². The highest BCUT2D eigenvalue weighted by molar-refractivity contribution is 6.06. The van der Waals surface area contributed by atoms with E-state index in [0.29, 0.717) is 5.56 Å². The molecule has 1 rings (SSSR count). The van der Waals surface area contributed by atoms with Gasteiger partial charge in [-0.1, -0.05) is 29.8 Å². The Balaban J connectivity index is 3.38. The van der Waals surface area contributed by atoms with Gasteiger partial charge in [-0.05, 0) is 26.3 Å². The minimum absolute atomic E-state index is 0.0757. The van der Waals surface area contributed by atoms with Crippen LogP contribution in [-0.4, -0.2) is 36.9 Å². The summed E-state index contributed by atoms with van der Waals surface area (Å²) in [5.41, 5.74) is -0.141. The average Bonchev–Trinajstić information content (AvgIpc) is 2.46. The second-order valence-corrected chi connectivity index (χ2v) is 4.69. The van der Waals surface area contributed by atoms with Gasteiger partial charge in [0.05, 0.1) is 13.2 Å². The first-order chi connectivity index (χ1) is 10.0. The fraction of sp³-hybridized carbons (Fsp3) is 0.500. The van der Waals surface area contributed by atoms with Gasteiger partial charge in [-0.2, -0.15) is 0 Å². The smallest absolute Gasteiger partial charge is 0.328 e. The van der Waals surface area contributed by atoms with Gasteiger partial charge < -0.3 is 14.6 Å². The number of esters is 2. The van der Waals surface area contributed by atoms with E-state index in [4.69, 9.17) is 9.47 Å². The zero-order valence-electron chi connectivity index (χ0n) is 12.7. The van der Waals surface area contributed by atoms with Crippen LogP contribution in [0.5, 0.6) is 0 Å². The molecule has 1 aromatic carbocycles. The predicted octanol–water partition coefficient (Wildman–Crippen LogP) is 1.74. The van der Waals surface area contributed by atoms with E-state index in [1.807, 2.05) is 6.92 Å². The van der Waals surface area contributed by atoms with Crippen LogP contribution in [0.4, 0.5) is 0 Å². The van der Waals surface area contributed by atoms with Gasteiger partial charge >= 0.3 is 11.9 Å². The number of benzene rings is 1. The lowest BCUT2D eigenvalue weighted by Crippen LogP contribution is -2.47. The molecule has 0 heterocycles. The fourth-order valence-electron chi connectivity index (χ4n) is 2.18. The highest BCUT2D eigenvalue weighted by Gasteiger charge is 2.50. The number of carbonyl (C=O) groups is 2. The molecule has 0 saturated heterocycles. The molecule has 1 aromatic rings. The van der Waals surface area contributed by atoms with Crippen molar-refractivity contribution in [2.45, 2.75) is 32.6 Å². The summed E-state index contributed by atoms with van der Waals surface area (Å²) >= 11 is 0. The summed E-state index contributed by atoms with van der Waals surface area (Å²) in [6.07, 6.45) is -0.0757. The molecule has 0 aliphatic carbocycles. The molecule has 5 heteroatoms. The summed E-state index contributed by atoms with van der Waals surface area (Å²) in [5, 5.41) is 9.34. The number of aliphatic hydroxyl groups excluding tert-OH is 1. The molecule has 0 aliphatic heterocycles. The molecule has 21 heavy (non-hydrogen) atoms. The van der Waals surface area contributed by atoms with Crippen molar-refractivity contribution in [2.24, 2.45) is 0 Å². The van der Waals surface area contributed by atoms with Gasteiger partial charge in [0.1, 0.15) is 0 Å². The fourth-order valence-corrected chi connectivity index (χ4v) is 2.18. The van der Waals surface area contributed by atoms with E-state index < -0.39 is 17.4 Å². The van der Waals surface area contributed by atoms with Crippen molar-refractivity contribution in [1.29, 1.82) is 0 Å². The molecular weight excluding hydrogens is 272 g/mol. The summed E-state index contributed by atoms with van der Waals surface area (Å²) in [4.78, 5) is 24.8. The lowest BCUT2D eigenvalue weighted by molar-refractivity contribution is -0.165. The lowest BCUT2D eigenvalue weighted by Gasteiger charge is -2.29. The third kappa shape index (κ3) is 3.61. The molecule has 0 aliphatic rings. The molecule has 0 atom stereocenters. The second kappa shape index (κ2) is 7.78. The van der Waals surface area contributed by atoms with E-state index in [-0.39, 0.29) is 26.2 Å². The molecular formula is C16H22O5. The number of hydrogen-bond donors (Lipinski definition) is 1. The van der Waals surface area contributed by atoms with E-state index in [1.165, 1.54) is 0 Å². The van der Waals surface area contributed by atoms with Crippen molar-refractivity contribution in [3.8, 4) is 0 Å². The highest BCUT2D eigenvalue weighted by atomic mass is 16.6. The molecule has 116 valence electrons. The largest absolute Gasteiger partial charge is 0.465 e. The van der Waals surface area contributed by atoms with E-state index >= 15 is 0 Å². The van der Waals surface area contributed by atoms with Gasteiger partial charge in [0.25, 0.3) is 0 Å². The molecule has 0 spiro atoms. The van der Waals surface area contributed by atoms with Crippen LogP contribution < -0.4 is 0 Å². The number of aliphatic hydroxyl groups is 1. The minimum atomic E-state index is -1.62. The average molecular weight is 294 g/mol. The number of ether oxygens (including phenoxy) is 2. The Labute approximate surface area is 124 Å². The normalized spacial score (nSPS) is 11.0. The summed E-state index contributed by atoms with van der Waals surface area (Å²) in [7, 11) is 0. The second-order valence-electron chi connectivity index (χ2n) is 4.69. The minimum Gasteiger partial charge on any atom is -0.465 e. The number of carbonyl (C=O) groups excluding carboxylic acids is 2. The topological polar surface area (TPSA) is 72.8 Å². The zero-order valence-corrected chi connectivity index (χ0v) is 12.7. The number of hydrogen-bond acceptors (Lipinski definition) is 5. The van der Waals surface area contributed by atoms with Crippen LogP contribution in [0.1, 0.15) is 31.4 Å². The van der Waals surface area contributed by atoms with Crippen LogP contribution in [0.2, 0.25) is 0 Å². The van der Waals surface area contributed by atoms with Crippen molar-refractivity contribution in [3.63, 3.8) is 0 Å². The van der Waals surface area contributed by atoms with E-state index in [9.17, 15) is 14.7 Å². The summed E-state index contributed by atoms with van der Waals surface area (Å²) < 4.78 is 10.1. The molecule has 0 amide bonds. The van der Waals surface area contributed by atoms with Crippen molar-refractivity contribution in [3.05, 3.63) is 35.4 Å². The summed E-state index contributed by atoms with van der Waals surface area (Å²) in [6, 6.07) is 7.00. The first kappa shape index (κ1) is 17.2. The molecule has 5 nitrogen and oxygen atoms in total. The first-order valence-electron chi connectivity index (χ1n) is 7.05. The van der Waals surface area contributed by atoms with Gasteiger partial charge in [0.2, 0.25) is 0 Å². The Morgan fingerprint density at radius 3 is 1.90 bits per heavy atom. The standard InChI is InChI=1S/C16H22O5/c1-4-20-14(18)16(10-11-17,15(19)21-5-2)13-8-6-12(3)7-9-13/h6-9,17H,4-5,10-11H2,1-3H3. The van der Waals surface area contributed by atoms with Crippen LogP contribution in [0, 0.1) is 6.92 Å². The molecule has 0 unspecified atom stereocenters. The summed E-state index contributed by atoms with van der Waals surface area (Å²) in [6.45, 7) is 5.22. The molecule has 0 aromatic heterocycles. The molecule has 0 radical (unpaired) electrons. The summed E-state index contributed by atoms with van der Waals surface area (Å²) in [5.74, 6) is -1.39. The predicted molar refractivity (Wildman–Crippen MR) is 77.8 cm³/mol. The third-order valence-electron chi connectivity index (χ3n) is 3.28. The maximum atomic E-state index is 12.4. The lowest BCUT2D eigenvalue weighted by atomic mass is 9.77. The molecule has 0 fully saturated rings. The Morgan fingerprint density at radius 2 is 1.52 bits per heavy atom. The van der Waals surface area contributed by atoms with E-state index in [1.54, 1.807) is 38.1 Å². The van der Waals surface area contributed by atoms with E-state index in [2.05, 4.69) is 0 Å². The Morgan fingerprint density at radius 1 is 1.05 bits per heavy atom. The quantitative estimate of drug-likeness (QED) is 0.612. The van der Waals surface area contributed by atoms with Crippen molar-refractivity contribution < 1.29 is 24.2 Å². The molecule has 1 N–H and O–H groups in total.